The van der Waals surface area contributed by atoms with Crippen molar-refractivity contribution in [2.24, 2.45) is 0 Å². The minimum atomic E-state index is -0.701. The monoisotopic (exact) mass is 374 g/mol. The number of anilines is 2. The van der Waals surface area contributed by atoms with Crippen molar-refractivity contribution in [3.05, 3.63) is 77.1 Å². The van der Waals surface area contributed by atoms with Crippen molar-refractivity contribution in [1.29, 1.82) is 5.26 Å². The Morgan fingerprint density at radius 3 is 2.50 bits per heavy atom. The van der Waals surface area contributed by atoms with E-state index in [4.69, 9.17) is 10.5 Å². The van der Waals surface area contributed by atoms with E-state index in [9.17, 15) is 14.9 Å². The molecule has 0 unspecified atom stereocenters. The van der Waals surface area contributed by atoms with Gasteiger partial charge in [0.2, 0.25) is 0 Å². The van der Waals surface area contributed by atoms with Gasteiger partial charge in [0.1, 0.15) is 6.07 Å². The van der Waals surface area contributed by atoms with Gasteiger partial charge in [0.25, 0.3) is 5.91 Å². The second kappa shape index (κ2) is 7.68. The molecule has 3 N–H and O–H groups in total. The molecule has 1 heterocycles. The number of aromatic nitrogens is 1. The van der Waals surface area contributed by atoms with Gasteiger partial charge in [0.05, 0.1) is 29.6 Å². The van der Waals surface area contributed by atoms with Crippen molar-refractivity contribution in [2.45, 2.75) is 6.92 Å². The number of nitrogen functional groups attached to an aromatic ring is 1. The van der Waals surface area contributed by atoms with E-state index in [1.807, 2.05) is 31.2 Å². The maximum atomic E-state index is 12.9. The van der Waals surface area contributed by atoms with Gasteiger partial charge in [-0.3, -0.25) is 4.79 Å². The third kappa shape index (κ3) is 3.31. The fourth-order valence-electron chi connectivity index (χ4n) is 2.88. The van der Waals surface area contributed by atoms with Gasteiger partial charge >= 0.3 is 5.97 Å². The van der Waals surface area contributed by atoms with Gasteiger partial charge < -0.3 is 20.4 Å². The second-order valence-electron chi connectivity index (χ2n) is 6.06. The number of ether oxygens (including phenoxy) is 1. The summed E-state index contributed by atoms with van der Waals surface area (Å²) in [6.45, 7) is 1.89. The Balaban J connectivity index is 2.11. The lowest BCUT2D eigenvalue weighted by atomic mass is 10.1. The van der Waals surface area contributed by atoms with E-state index in [2.05, 4.69) is 5.32 Å². The molecule has 1 amide bonds. The van der Waals surface area contributed by atoms with E-state index < -0.39 is 5.97 Å². The maximum absolute atomic E-state index is 12.9. The first-order valence-electron chi connectivity index (χ1n) is 8.43. The molecular formula is C21H18N4O3. The molecule has 0 aliphatic heterocycles. The molecule has 2 aromatic carbocycles. The molecule has 28 heavy (non-hydrogen) atoms. The highest BCUT2D eigenvalue weighted by Gasteiger charge is 2.24. The van der Waals surface area contributed by atoms with Gasteiger partial charge in [-0.15, -0.1) is 0 Å². The van der Waals surface area contributed by atoms with E-state index in [0.29, 0.717) is 16.9 Å². The van der Waals surface area contributed by atoms with E-state index >= 15 is 0 Å². The summed E-state index contributed by atoms with van der Waals surface area (Å²) < 4.78 is 6.21. The molecule has 0 atom stereocenters. The van der Waals surface area contributed by atoms with Crippen LogP contribution in [0.25, 0.3) is 5.69 Å². The first-order valence-corrected chi connectivity index (χ1v) is 8.43. The number of hydrogen-bond acceptors (Lipinski definition) is 5. The number of esters is 1. The van der Waals surface area contributed by atoms with Crippen LogP contribution in [0.5, 0.6) is 0 Å². The molecule has 0 radical (unpaired) electrons. The van der Waals surface area contributed by atoms with Crippen LogP contribution in [-0.2, 0) is 4.74 Å². The number of amides is 1. The molecule has 3 aromatic rings. The maximum Gasteiger partial charge on any atom is 0.357 e. The summed E-state index contributed by atoms with van der Waals surface area (Å²) in [5, 5.41) is 12.2. The highest BCUT2D eigenvalue weighted by molar-refractivity contribution is 6.07. The third-order valence-electron chi connectivity index (χ3n) is 4.35. The summed E-state index contributed by atoms with van der Waals surface area (Å²) in [5.41, 5.74) is 8.39. The summed E-state index contributed by atoms with van der Waals surface area (Å²) in [7, 11) is 1.22. The Morgan fingerprint density at radius 2 is 1.82 bits per heavy atom. The molecule has 0 spiro atoms. The highest BCUT2D eigenvalue weighted by Crippen LogP contribution is 2.27. The zero-order valence-corrected chi connectivity index (χ0v) is 15.4. The fraction of sp³-hybridized carbons (Fsp3) is 0.0952. The first kappa shape index (κ1) is 18.7. The number of para-hydroxylation sites is 2. The van der Waals surface area contributed by atoms with Crippen LogP contribution in [0, 0.1) is 18.3 Å². The number of rotatable bonds is 4. The normalized spacial score (nSPS) is 10.2. The molecule has 0 aliphatic rings. The fourth-order valence-corrected chi connectivity index (χ4v) is 2.88. The lowest BCUT2D eigenvalue weighted by Crippen LogP contribution is -2.17. The van der Waals surface area contributed by atoms with Crippen LogP contribution in [0.2, 0.25) is 0 Å². The largest absolute Gasteiger partial charge is 0.464 e. The van der Waals surface area contributed by atoms with Gasteiger partial charge in [0.15, 0.2) is 5.69 Å². The van der Waals surface area contributed by atoms with E-state index in [1.165, 1.54) is 17.9 Å². The smallest absolute Gasteiger partial charge is 0.357 e. The third-order valence-corrected chi connectivity index (χ3v) is 4.35. The number of nitrogens with two attached hydrogens (primary N) is 1. The summed E-state index contributed by atoms with van der Waals surface area (Å²) in [6, 6.07) is 16.1. The van der Waals surface area contributed by atoms with Gasteiger partial charge in [0, 0.05) is 11.9 Å². The van der Waals surface area contributed by atoms with Crippen LogP contribution in [0.3, 0.4) is 0 Å². The Labute approximate surface area is 162 Å². The molecule has 7 heteroatoms. The van der Waals surface area contributed by atoms with Crippen LogP contribution in [0.1, 0.15) is 32.0 Å². The van der Waals surface area contributed by atoms with Crippen molar-refractivity contribution >= 4 is 23.3 Å². The number of carbonyl (C=O) groups is 2. The van der Waals surface area contributed by atoms with Crippen molar-refractivity contribution < 1.29 is 14.3 Å². The SMILES string of the molecule is COC(=O)c1c(N)c(C#N)cn1-c1ccccc1C(=O)Nc1ccccc1C. The van der Waals surface area contributed by atoms with Gasteiger partial charge in [-0.1, -0.05) is 30.3 Å². The molecular weight excluding hydrogens is 356 g/mol. The van der Waals surface area contributed by atoms with Crippen LogP contribution < -0.4 is 11.1 Å². The average Bonchev–Trinajstić information content (AvgIpc) is 3.05. The minimum absolute atomic E-state index is 0.00321. The zero-order chi connectivity index (χ0) is 20.3. The quantitative estimate of drug-likeness (QED) is 0.681. The summed E-state index contributed by atoms with van der Waals surface area (Å²) in [4.78, 5) is 25.2. The van der Waals surface area contributed by atoms with Crippen LogP contribution in [0.4, 0.5) is 11.4 Å². The van der Waals surface area contributed by atoms with Crippen molar-refractivity contribution in [2.75, 3.05) is 18.2 Å². The molecule has 7 nitrogen and oxygen atoms in total. The molecule has 1 aromatic heterocycles. The Hall–Kier alpha value is -4.05. The predicted octanol–water partition coefficient (Wildman–Crippen LogP) is 3.28. The number of methoxy groups -OCH3 is 1. The van der Waals surface area contributed by atoms with Crippen molar-refractivity contribution in [3.8, 4) is 11.8 Å². The number of aryl methyl sites for hydroxylation is 1. The number of carbonyl (C=O) groups excluding carboxylic acids is 2. The summed E-state index contributed by atoms with van der Waals surface area (Å²) in [5.74, 6) is -1.06. The molecule has 0 fully saturated rings. The summed E-state index contributed by atoms with van der Waals surface area (Å²) >= 11 is 0. The summed E-state index contributed by atoms with van der Waals surface area (Å²) in [6.07, 6.45) is 1.42. The number of nitrogens with zero attached hydrogens (tertiary/aromatic N) is 2. The number of nitriles is 1. The lowest BCUT2D eigenvalue weighted by molar-refractivity contribution is 0.0592. The Kier molecular flexibility index (Phi) is 5.14. The number of nitrogens with one attached hydrogen (secondary N) is 1. The van der Waals surface area contributed by atoms with Crippen LogP contribution >= 0.6 is 0 Å². The Bertz CT molecular complexity index is 1110. The molecule has 140 valence electrons. The van der Waals surface area contributed by atoms with Gasteiger partial charge in [-0.2, -0.15) is 5.26 Å². The molecule has 0 saturated heterocycles. The van der Waals surface area contributed by atoms with E-state index in [1.54, 1.807) is 30.3 Å². The molecule has 0 aliphatic carbocycles. The Morgan fingerprint density at radius 1 is 1.14 bits per heavy atom. The molecule has 0 bridgehead atoms. The second-order valence-corrected chi connectivity index (χ2v) is 6.06. The lowest BCUT2D eigenvalue weighted by Gasteiger charge is -2.14. The minimum Gasteiger partial charge on any atom is -0.464 e. The standard InChI is InChI=1S/C21H18N4O3/c1-13-7-3-5-9-16(13)24-20(26)15-8-4-6-10-17(15)25-12-14(11-22)18(23)19(25)21(27)28-2/h3-10,12H,23H2,1-2H3,(H,24,26). The van der Waals surface area contributed by atoms with E-state index in [0.717, 1.165) is 5.56 Å². The molecule has 0 saturated carbocycles. The van der Waals surface area contributed by atoms with Crippen molar-refractivity contribution in [3.63, 3.8) is 0 Å². The van der Waals surface area contributed by atoms with Gasteiger partial charge in [-0.05, 0) is 30.7 Å². The first-order chi connectivity index (χ1) is 13.5. The number of hydrogen-bond donors (Lipinski definition) is 2. The van der Waals surface area contributed by atoms with Crippen molar-refractivity contribution in [1.82, 2.24) is 4.57 Å². The topological polar surface area (TPSA) is 110 Å². The highest BCUT2D eigenvalue weighted by atomic mass is 16.5. The average molecular weight is 374 g/mol. The van der Waals surface area contributed by atoms with Gasteiger partial charge in [-0.25, -0.2) is 4.79 Å². The predicted molar refractivity (Wildman–Crippen MR) is 105 cm³/mol. The zero-order valence-electron chi connectivity index (χ0n) is 15.4. The van der Waals surface area contributed by atoms with E-state index in [-0.39, 0.29) is 22.9 Å². The van der Waals surface area contributed by atoms with Crippen LogP contribution in [-0.4, -0.2) is 23.6 Å². The number of benzene rings is 2. The molecule has 3 rings (SSSR count). The van der Waals surface area contributed by atoms with Crippen LogP contribution in [0.15, 0.2) is 54.7 Å².